The van der Waals surface area contributed by atoms with Crippen LogP contribution in [0.5, 0.6) is 0 Å². The van der Waals surface area contributed by atoms with Crippen LogP contribution in [0.25, 0.3) is 11.3 Å². The van der Waals surface area contributed by atoms with E-state index in [1.807, 2.05) is 36.5 Å². The predicted octanol–water partition coefficient (Wildman–Crippen LogP) is 2.21. The van der Waals surface area contributed by atoms with E-state index < -0.39 is 10.0 Å². The molecule has 2 aromatic heterocycles. The number of hydrogen-bond acceptors (Lipinski definition) is 10. The number of anilines is 4. The number of pyridine rings is 1. The van der Waals surface area contributed by atoms with E-state index in [2.05, 4.69) is 36.1 Å². The number of nitrogens with one attached hydrogen (secondary N) is 1. The molecule has 2 bridgehead atoms. The minimum Gasteiger partial charge on any atom is -0.378 e. The monoisotopic (exact) mass is 532 g/mol. The SMILES string of the molecule is CS(=O)(=O)N1CC2CC1CN2c1ccc(Nc2nccc(-c3ccc(N4CCOCC4)nc3)n2)cc1C#N. The van der Waals surface area contributed by atoms with E-state index in [0.29, 0.717) is 43.5 Å². The Kier molecular flexibility index (Phi) is 6.35. The predicted molar refractivity (Wildman–Crippen MR) is 144 cm³/mol. The number of rotatable bonds is 6. The van der Waals surface area contributed by atoms with Gasteiger partial charge in [-0.1, -0.05) is 0 Å². The van der Waals surface area contributed by atoms with E-state index >= 15 is 0 Å². The van der Waals surface area contributed by atoms with E-state index in [1.54, 1.807) is 16.6 Å². The Hall–Kier alpha value is -3.79. The molecule has 38 heavy (non-hydrogen) atoms. The first-order valence-corrected chi connectivity index (χ1v) is 14.4. The molecule has 5 heterocycles. The molecule has 3 fully saturated rings. The highest BCUT2D eigenvalue weighted by Gasteiger charge is 2.47. The van der Waals surface area contributed by atoms with Gasteiger partial charge in [-0.05, 0) is 42.8 Å². The summed E-state index contributed by atoms with van der Waals surface area (Å²) >= 11 is 0. The molecule has 3 saturated heterocycles. The zero-order chi connectivity index (χ0) is 26.3. The first kappa shape index (κ1) is 24.5. The fraction of sp³-hybridized carbons (Fsp3) is 0.385. The first-order chi connectivity index (χ1) is 18.4. The molecule has 3 aliphatic rings. The number of morpholine rings is 1. The van der Waals surface area contributed by atoms with Crippen molar-refractivity contribution in [1.82, 2.24) is 19.3 Å². The number of hydrogen-bond donors (Lipinski definition) is 1. The molecule has 3 aromatic rings. The quantitative estimate of drug-likeness (QED) is 0.505. The smallest absolute Gasteiger partial charge is 0.227 e. The number of fused-ring (bicyclic) bond motifs is 2. The van der Waals surface area contributed by atoms with Crippen LogP contribution in [-0.4, -0.2) is 85.4 Å². The molecule has 0 amide bonds. The maximum atomic E-state index is 12.0. The van der Waals surface area contributed by atoms with Crippen molar-refractivity contribution in [3.05, 3.63) is 54.4 Å². The average molecular weight is 533 g/mol. The van der Waals surface area contributed by atoms with E-state index in [4.69, 9.17) is 4.74 Å². The molecular formula is C26H28N8O3S. The van der Waals surface area contributed by atoms with Gasteiger partial charge in [0.2, 0.25) is 16.0 Å². The summed E-state index contributed by atoms with van der Waals surface area (Å²) in [5.41, 5.74) is 3.66. The summed E-state index contributed by atoms with van der Waals surface area (Å²) < 4.78 is 31.0. The molecular weight excluding hydrogens is 504 g/mol. The molecule has 2 atom stereocenters. The molecule has 0 radical (unpaired) electrons. The highest BCUT2D eigenvalue weighted by Crippen LogP contribution is 2.38. The van der Waals surface area contributed by atoms with E-state index in [9.17, 15) is 13.7 Å². The minimum absolute atomic E-state index is 0.0482. The third kappa shape index (κ3) is 4.76. The van der Waals surface area contributed by atoms with Crippen molar-refractivity contribution in [3.63, 3.8) is 0 Å². The third-order valence-electron chi connectivity index (χ3n) is 7.33. The van der Waals surface area contributed by atoms with Crippen LogP contribution in [0.3, 0.4) is 0 Å². The van der Waals surface area contributed by atoms with Crippen molar-refractivity contribution in [2.45, 2.75) is 18.5 Å². The van der Waals surface area contributed by atoms with Crippen molar-refractivity contribution >= 4 is 33.2 Å². The topological polar surface area (TPSA) is 128 Å². The summed E-state index contributed by atoms with van der Waals surface area (Å²) in [6.07, 6.45) is 5.54. The highest BCUT2D eigenvalue weighted by molar-refractivity contribution is 7.88. The van der Waals surface area contributed by atoms with Gasteiger partial charge in [0, 0.05) is 61.9 Å². The standard InChI is InChI=1S/C26H28N8O3S/c1-38(35,36)34-17-21-13-22(34)16-33(21)24-4-3-20(12-19(24)14-27)30-26-28-7-6-23(31-26)18-2-5-25(29-15-18)32-8-10-37-11-9-32/h2-7,12,15,21-22H,8-11,13,16-17H2,1H3,(H,28,30,31). The normalized spacial score (nSPS) is 21.5. The maximum absolute atomic E-state index is 12.0. The van der Waals surface area contributed by atoms with E-state index in [1.165, 1.54) is 6.26 Å². The fourth-order valence-corrected chi connectivity index (χ4v) is 6.65. The summed E-state index contributed by atoms with van der Waals surface area (Å²) in [4.78, 5) is 18.0. The molecule has 12 heteroatoms. The van der Waals surface area contributed by atoms with Gasteiger partial charge in [-0.2, -0.15) is 9.57 Å². The zero-order valence-electron chi connectivity index (χ0n) is 21.0. The Morgan fingerprint density at radius 1 is 1.08 bits per heavy atom. The Morgan fingerprint density at radius 3 is 2.61 bits per heavy atom. The summed E-state index contributed by atoms with van der Waals surface area (Å²) in [6, 6.07) is 13.7. The van der Waals surface area contributed by atoms with Crippen LogP contribution < -0.4 is 15.1 Å². The molecule has 0 saturated carbocycles. The largest absolute Gasteiger partial charge is 0.378 e. The zero-order valence-corrected chi connectivity index (χ0v) is 21.8. The minimum atomic E-state index is -3.22. The van der Waals surface area contributed by atoms with Crippen molar-refractivity contribution in [2.24, 2.45) is 0 Å². The van der Waals surface area contributed by atoms with Crippen molar-refractivity contribution in [1.29, 1.82) is 5.26 Å². The molecule has 3 aliphatic heterocycles. The van der Waals surface area contributed by atoms with E-state index in [-0.39, 0.29) is 12.1 Å². The fourth-order valence-electron chi connectivity index (χ4n) is 5.51. The molecule has 1 N–H and O–H groups in total. The first-order valence-electron chi connectivity index (χ1n) is 12.6. The maximum Gasteiger partial charge on any atom is 0.227 e. The lowest BCUT2D eigenvalue weighted by Crippen LogP contribution is -2.48. The second-order valence-electron chi connectivity index (χ2n) is 9.77. The number of nitrogens with zero attached hydrogens (tertiary/aromatic N) is 7. The number of sulfonamides is 1. The average Bonchev–Trinajstić information content (AvgIpc) is 3.55. The van der Waals surface area contributed by atoms with Crippen LogP contribution in [0.4, 0.5) is 23.1 Å². The molecule has 6 rings (SSSR count). The summed E-state index contributed by atoms with van der Waals surface area (Å²) in [5.74, 6) is 1.34. The second-order valence-corrected chi connectivity index (χ2v) is 11.7. The van der Waals surface area contributed by atoms with Crippen LogP contribution in [0.2, 0.25) is 0 Å². The van der Waals surface area contributed by atoms with Gasteiger partial charge in [-0.25, -0.2) is 23.4 Å². The van der Waals surface area contributed by atoms with Crippen molar-refractivity contribution in [2.75, 3.05) is 60.8 Å². The number of ether oxygens (including phenoxy) is 1. The third-order valence-corrected chi connectivity index (χ3v) is 8.63. The lowest BCUT2D eigenvalue weighted by molar-refractivity contribution is 0.122. The van der Waals surface area contributed by atoms with Gasteiger partial charge in [0.25, 0.3) is 0 Å². The number of nitriles is 1. The van der Waals surface area contributed by atoms with Crippen LogP contribution in [0, 0.1) is 11.3 Å². The molecule has 196 valence electrons. The number of benzene rings is 1. The van der Waals surface area contributed by atoms with Crippen LogP contribution >= 0.6 is 0 Å². The van der Waals surface area contributed by atoms with Crippen molar-refractivity contribution in [3.8, 4) is 17.3 Å². The Labute approximate surface area is 221 Å². The molecule has 1 aromatic carbocycles. The van der Waals surface area contributed by atoms with Gasteiger partial charge in [0.15, 0.2) is 0 Å². The van der Waals surface area contributed by atoms with Crippen molar-refractivity contribution < 1.29 is 13.2 Å². The lowest BCUT2D eigenvalue weighted by Gasteiger charge is -2.34. The molecule has 11 nitrogen and oxygen atoms in total. The Morgan fingerprint density at radius 2 is 1.92 bits per heavy atom. The molecule has 2 unspecified atom stereocenters. The van der Waals surface area contributed by atoms with Crippen LogP contribution in [-0.2, 0) is 14.8 Å². The van der Waals surface area contributed by atoms with Crippen LogP contribution in [0.1, 0.15) is 12.0 Å². The number of aromatic nitrogens is 3. The van der Waals surface area contributed by atoms with Gasteiger partial charge in [0.05, 0.1) is 36.4 Å². The van der Waals surface area contributed by atoms with Gasteiger partial charge in [-0.3, -0.25) is 0 Å². The molecule has 0 aliphatic carbocycles. The second kappa shape index (κ2) is 9.83. The van der Waals surface area contributed by atoms with Gasteiger partial charge < -0.3 is 19.9 Å². The van der Waals surface area contributed by atoms with Gasteiger partial charge in [-0.15, -0.1) is 0 Å². The van der Waals surface area contributed by atoms with Gasteiger partial charge >= 0.3 is 0 Å². The summed E-state index contributed by atoms with van der Waals surface area (Å²) in [5, 5.41) is 13.1. The van der Waals surface area contributed by atoms with E-state index in [0.717, 1.165) is 42.3 Å². The number of piperazine rings is 1. The summed E-state index contributed by atoms with van der Waals surface area (Å²) in [7, 11) is -3.22. The lowest BCUT2D eigenvalue weighted by atomic mass is 10.1. The van der Waals surface area contributed by atoms with Gasteiger partial charge in [0.1, 0.15) is 11.9 Å². The Balaban J connectivity index is 1.17. The van der Waals surface area contributed by atoms with Crippen LogP contribution in [0.15, 0.2) is 48.8 Å². The highest BCUT2D eigenvalue weighted by atomic mass is 32.2. The molecule has 0 spiro atoms. The summed E-state index contributed by atoms with van der Waals surface area (Å²) in [6.45, 7) is 4.12. The Bertz CT molecular complexity index is 1490.